The molecule has 4 amide bonds. The normalized spacial score (nSPS) is 21.3. The number of amides is 4. The molecule has 0 bridgehead atoms. The molecule has 5 aromatic rings. The number of fused-ring (bicyclic) bond motifs is 1. The number of halogens is 1. The summed E-state index contributed by atoms with van der Waals surface area (Å²) in [5, 5.41) is 16.7. The van der Waals surface area contributed by atoms with Crippen LogP contribution < -0.4 is 16.2 Å². The minimum Gasteiger partial charge on any atom is -0.393 e. The van der Waals surface area contributed by atoms with Gasteiger partial charge in [-0.05, 0) is 105 Å². The molecular formula is C52H64FN9O6. The highest BCUT2D eigenvalue weighted by Crippen LogP contribution is 2.38. The van der Waals surface area contributed by atoms with E-state index in [9.17, 15) is 24.3 Å². The van der Waals surface area contributed by atoms with E-state index in [1.165, 1.54) is 28.9 Å². The van der Waals surface area contributed by atoms with Gasteiger partial charge in [-0.25, -0.2) is 19.2 Å². The van der Waals surface area contributed by atoms with Crippen LogP contribution in [0.1, 0.15) is 81.9 Å². The van der Waals surface area contributed by atoms with E-state index < -0.39 is 18.0 Å². The lowest BCUT2D eigenvalue weighted by atomic mass is 9.93. The van der Waals surface area contributed by atoms with Gasteiger partial charge in [0.15, 0.2) is 0 Å². The number of benzene rings is 2. The summed E-state index contributed by atoms with van der Waals surface area (Å²) in [5.41, 5.74) is 6.43. The lowest BCUT2D eigenvalue weighted by molar-refractivity contribution is -0.121. The number of aromatic nitrogens is 4. The van der Waals surface area contributed by atoms with E-state index in [1.54, 1.807) is 16.8 Å². The number of hydrogen-bond donors (Lipinski definition) is 4. The number of carbonyl (C=O) groups excluding carboxylic acids is 3. The van der Waals surface area contributed by atoms with E-state index >= 15 is 4.39 Å². The third kappa shape index (κ3) is 11.0. The minimum atomic E-state index is -0.509. The molecule has 2 aromatic carbocycles. The number of rotatable bonds is 15. The molecule has 4 aliphatic rings. The Morgan fingerprint density at radius 3 is 2.37 bits per heavy atom. The van der Waals surface area contributed by atoms with Crippen LogP contribution >= 0.6 is 0 Å². The first-order chi connectivity index (χ1) is 32.8. The Labute approximate surface area is 396 Å². The first kappa shape index (κ1) is 47.3. The lowest BCUT2D eigenvalue weighted by Crippen LogP contribution is -2.49. The monoisotopic (exact) mass is 929 g/mol. The molecule has 1 saturated carbocycles. The fourth-order valence-electron chi connectivity index (χ4n) is 10.7. The molecule has 9 rings (SSSR count). The second-order valence-corrected chi connectivity index (χ2v) is 19.8. The number of urea groups is 1. The zero-order chi connectivity index (χ0) is 47.5. The Hall–Kier alpha value is -5.81. The molecule has 1 aliphatic carbocycles. The standard InChI is InChI=1S/C52H64FN9O6/c1-32(2)23-37-24-38(25-46(37)63)50(65)57-44-27-39(53)26-42(33(44)3)48-43-28-45(56-49(43)55-31-54-48)35-8-6-34(7-9-35)29-60-18-12-41(13-19-60)68-40-10-16-59(17-11-40)21-22-61-15-4-5-36(51(61)66)30-62-20-14-47(64)58-52(62)67/h4-9,15,26-28,31-32,37-38,40-41,46,63H,10-14,16-25,29-30H2,1-3H3,(H,57,65)(H,54,55,56)(H,58,64,67)/t37-,38?,46-/m0/s1. The molecule has 1 unspecified atom stereocenters. The number of ether oxygens (including phenoxy) is 1. The SMILES string of the molecule is Cc1c(NC(=O)C2C[C@H](CC(C)C)[C@@H](O)C2)cc(F)cc1-c1ncnc2[nH]c(-c3ccc(CN4CCC(OC5CCN(CCn6cccc(CN7CCC(=O)NC7=O)c6=O)CC5)CC4)cc3)cc12. The van der Waals surface area contributed by atoms with Crippen LogP contribution in [0.25, 0.3) is 33.5 Å². The number of aliphatic hydroxyl groups is 1. The highest BCUT2D eigenvalue weighted by atomic mass is 19.1. The Morgan fingerprint density at radius 2 is 1.65 bits per heavy atom. The van der Waals surface area contributed by atoms with E-state index in [4.69, 9.17) is 4.74 Å². The second-order valence-electron chi connectivity index (χ2n) is 19.8. The molecule has 68 heavy (non-hydrogen) atoms. The van der Waals surface area contributed by atoms with E-state index in [0.717, 1.165) is 88.0 Å². The maximum Gasteiger partial charge on any atom is 0.324 e. The van der Waals surface area contributed by atoms with Crippen molar-refractivity contribution in [1.29, 1.82) is 0 Å². The van der Waals surface area contributed by atoms with Crippen LogP contribution in [0.15, 0.2) is 71.9 Å². The summed E-state index contributed by atoms with van der Waals surface area (Å²) in [6, 6.07) is 16.5. The van der Waals surface area contributed by atoms with Crippen LogP contribution in [-0.2, 0) is 34.0 Å². The van der Waals surface area contributed by atoms with Gasteiger partial charge in [0.05, 0.1) is 30.6 Å². The summed E-state index contributed by atoms with van der Waals surface area (Å²) >= 11 is 0. The number of nitrogens with one attached hydrogen (secondary N) is 3. The quantitative estimate of drug-likeness (QED) is 0.0868. The Kier molecular flexibility index (Phi) is 14.5. The number of nitrogens with zero attached hydrogens (tertiary/aromatic N) is 6. The number of carbonyl (C=O) groups is 3. The number of piperidine rings is 2. The molecule has 360 valence electrons. The van der Waals surface area contributed by atoms with Gasteiger partial charge in [-0.1, -0.05) is 44.2 Å². The number of anilines is 1. The number of likely N-dealkylation sites (tertiary alicyclic amines) is 2. The first-order valence-electron chi connectivity index (χ1n) is 24.4. The average molecular weight is 930 g/mol. The molecule has 3 aromatic heterocycles. The van der Waals surface area contributed by atoms with Crippen molar-refractivity contribution in [2.45, 2.75) is 110 Å². The van der Waals surface area contributed by atoms with E-state index in [-0.39, 0.29) is 54.4 Å². The number of imide groups is 1. The van der Waals surface area contributed by atoms with Gasteiger partial charge in [0, 0.05) is 98.8 Å². The van der Waals surface area contributed by atoms with Crippen molar-refractivity contribution < 1.29 is 28.6 Å². The molecule has 4 N–H and O–H groups in total. The number of aromatic amines is 1. The summed E-state index contributed by atoms with van der Waals surface area (Å²) in [6.45, 7) is 12.6. The second kappa shape index (κ2) is 20.8. The fourth-order valence-corrected chi connectivity index (χ4v) is 10.7. The number of aliphatic hydroxyl groups excluding tert-OH is 1. The van der Waals surface area contributed by atoms with Gasteiger partial charge in [0.2, 0.25) is 11.8 Å². The van der Waals surface area contributed by atoms with Gasteiger partial charge in [-0.15, -0.1) is 0 Å². The van der Waals surface area contributed by atoms with Crippen molar-refractivity contribution in [1.82, 2.24) is 39.5 Å². The summed E-state index contributed by atoms with van der Waals surface area (Å²) in [4.78, 5) is 69.2. The smallest absolute Gasteiger partial charge is 0.324 e. The highest BCUT2D eigenvalue weighted by Gasteiger charge is 2.37. The fraction of sp³-hybridized carbons (Fsp3) is 0.500. The summed E-state index contributed by atoms with van der Waals surface area (Å²) < 4.78 is 23.6. The minimum absolute atomic E-state index is 0.0863. The van der Waals surface area contributed by atoms with Crippen molar-refractivity contribution in [3.63, 3.8) is 0 Å². The third-order valence-electron chi connectivity index (χ3n) is 14.5. The molecule has 0 radical (unpaired) electrons. The summed E-state index contributed by atoms with van der Waals surface area (Å²) in [6.07, 6.45) is 9.29. The average Bonchev–Trinajstić information content (AvgIpc) is 3.93. The number of hydrogen-bond acceptors (Lipinski definition) is 10. The highest BCUT2D eigenvalue weighted by molar-refractivity contribution is 5.98. The predicted molar refractivity (Wildman–Crippen MR) is 258 cm³/mol. The first-order valence-corrected chi connectivity index (χ1v) is 24.4. The van der Waals surface area contributed by atoms with E-state index in [1.807, 2.05) is 19.1 Å². The third-order valence-corrected chi connectivity index (χ3v) is 14.5. The summed E-state index contributed by atoms with van der Waals surface area (Å²) in [5.74, 6) is -0.773. The largest absolute Gasteiger partial charge is 0.393 e. The van der Waals surface area contributed by atoms with Crippen LogP contribution in [0.2, 0.25) is 0 Å². The molecule has 6 heterocycles. The van der Waals surface area contributed by atoms with Gasteiger partial charge in [0.25, 0.3) is 5.56 Å². The molecule has 16 heteroatoms. The van der Waals surface area contributed by atoms with Crippen molar-refractivity contribution in [3.05, 3.63) is 100.0 Å². The van der Waals surface area contributed by atoms with Crippen LogP contribution in [0.3, 0.4) is 0 Å². The van der Waals surface area contributed by atoms with Crippen LogP contribution in [0, 0.1) is 30.5 Å². The maximum absolute atomic E-state index is 15.3. The van der Waals surface area contributed by atoms with Crippen molar-refractivity contribution in [3.8, 4) is 22.5 Å². The maximum atomic E-state index is 15.3. The van der Waals surface area contributed by atoms with Gasteiger partial charge < -0.3 is 34.5 Å². The van der Waals surface area contributed by atoms with Gasteiger partial charge in [0.1, 0.15) is 17.8 Å². The van der Waals surface area contributed by atoms with E-state index in [0.29, 0.717) is 65.6 Å². The van der Waals surface area contributed by atoms with E-state index in [2.05, 4.69) is 73.5 Å². The number of pyridine rings is 1. The Morgan fingerprint density at radius 1 is 0.912 bits per heavy atom. The van der Waals surface area contributed by atoms with Crippen molar-refractivity contribution in [2.75, 3.05) is 44.6 Å². The van der Waals surface area contributed by atoms with Crippen LogP contribution in [0.5, 0.6) is 0 Å². The molecule has 3 saturated heterocycles. The molecule has 3 atom stereocenters. The molecule has 15 nitrogen and oxygen atoms in total. The zero-order valence-electron chi connectivity index (χ0n) is 39.4. The van der Waals surface area contributed by atoms with Crippen LogP contribution in [-0.4, -0.2) is 115 Å². The Balaban J connectivity index is 0.737. The zero-order valence-corrected chi connectivity index (χ0v) is 39.4. The van der Waals surface area contributed by atoms with Gasteiger partial charge in [-0.3, -0.25) is 24.6 Å². The molecule has 3 aliphatic heterocycles. The number of H-pyrrole nitrogens is 1. The Bertz CT molecular complexity index is 2670. The predicted octanol–water partition coefficient (Wildman–Crippen LogP) is 6.86. The van der Waals surface area contributed by atoms with Crippen molar-refractivity contribution in [2.24, 2.45) is 17.8 Å². The molecule has 0 spiro atoms. The van der Waals surface area contributed by atoms with Crippen LogP contribution in [0.4, 0.5) is 14.9 Å². The topological polar surface area (TPSA) is 178 Å². The van der Waals surface area contributed by atoms with Gasteiger partial charge in [-0.2, -0.15) is 0 Å². The summed E-state index contributed by atoms with van der Waals surface area (Å²) in [7, 11) is 0. The lowest BCUT2D eigenvalue weighted by Gasteiger charge is -2.37. The molecular weight excluding hydrogens is 866 g/mol. The van der Waals surface area contributed by atoms with Crippen molar-refractivity contribution >= 4 is 34.6 Å². The molecule has 4 fully saturated rings. The van der Waals surface area contributed by atoms with Gasteiger partial charge >= 0.3 is 6.03 Å².